The van der Waals surface area contributed by atoms with Gasteiger partial charge in [-0.05, 0) is 30.0 Å². The van der Waals surface area contributed by atoms with Crippen molar-refractivity contribution in [3.8, 4) is 0 Å². The molecule has 0 radical (unpaired) electrons. The lowest BCUT2D eigenvalue weighted by Gasteiger charge is -2.08. The van der Waals surface area contributed by atoms with Crippen molar-refractivity contribution in [3.63, 3.8) is 0 Å². The fourth-order valence-corrected chi connectivity index (χ4v) is 2.09. The van der Waals surface area contributed by atoms with Gasteiger partial charge in [-0.15, -0.1) is 0 Å². The van der Waals surface area contributed by atoms with Crippen LogP contribution in [0.15, 0.2) is 47.5 Å². The quantitative estimate of drug-likeness (QED) is 0.679. The van der Waals surface area contributed by atoms with E-state index in [4.69, 9.17) is 0 Å². The van der Waals surface area contributed by atoms with E-state index in [1.807, 2.05) is 12.1 Å². The molecule has 0 bridgehead atoms. The molecule has 2 aromatic carbocycles. The van der Waals surface area contributed by atoms with E-state index in [0.29, 0.717) is 11.5 Å². The van der Waals surface area contributed by atoms with Crippen molar-refractivity contribution in [2.75, 3.05) is 0 Å². The summed E-state index contributed by atoms with van der Waals surface area (Å²) in [5, 5.41) is 0. The Balaban J connectivity index is 2.12. The summed E-state index contributed by atoms with van der Waals surface area (Å²) in [6.07, 6.45) is 1.72. The maximum Gasteiger partial charge on any atom is 0.131 e. The van der Waals surface area contributed by atoms with Crippen LogP contribution in [0.1, 0.15) is 49.4 Å². The molecule has 0 fully saturated rings. The van der Waals surface area contributed by atoms with E-state index in [2.05, 4.69) is 31.0 Å². The molecular formula is C18H19F2N. The van der Waals surface area contributed by atoms with E-state index < -0.39 is 11.6 Å². The third-order valence-electron chi connectivity index (χ3n) is 3.46. The van der Waals surface area contributed by atoms with Crippen LogP contribution in [-0.4, -0.2) is 6.21 Å². The van der Waals surface area contributed by atoms with Gasteiger partial charge in [0.1, 0.15) is 11.6 Å². The molecule has 0 spiro atoms. The maximum absolute atomic E-state index is 13.7. The van der Waals surface area contributed by atoms with Gasteiger partial charge in [0.2, 0.25) is 0 Å². The van der Waals surface area contributed by atoms with Crippen LogP contribution < -0.4 is 0 Å². The van der Waals surface area contributed by atoms with E-state index in [0.717, 1.165) is 11.6 Å². The van der Waals surface area contributed by atoms with Gasteiger partial charge in [-0.2, -0.15) is 0 Å². The highest BCUT2D eigenvalue weighted by atomic mass is 19.1. The van der Waals surface area contributed by atoms with Gasteiger partial charge in [0, 0.05) is 17.8 Å². The summed E-state index contributed by atoms with van der Waals surface area (Å²) in [6, 6.07) is 11.3. The minimum atomic E-state index is -0.572. The summed E-state index contributed by atoms with van der Waals surface area (Å²) >= 11 is 0. The topological polar surface area (TPSA) is 12.4 Å². The minimum absolute atomic E-state index is 0.352. The zero-order valence-corrected chi connectivity index (χ0v) is 12.5. The highest BCUT2D eigenvalue weighted by molar-refractivity contribution is 5.79. The van der Waals surface area contributed by atoms with E-state index in [9.17, 15) is 8.78 Å². The fraction of sp³-hybridized carbons (Fsp3) is 0.278. The zero-order valence-electron chi connectivity index (χ0n) is 12.5. The molecule has 0 amide bonds. The van der Waals surface area contributed by atoms with Gasteiger partial charge >= 0.3 is 0 Å². The Morgan fingerprint density at radius 1 is 0.952 bits per heavy atom. The third kappa shape index (κ3) is 3.97. The molecule has 21 heavy (non-hydrogen) atoms. The lowest BCUT2D eigenvalue weighted by atomic mass is 10.0. The Morgan fingerprint density at radius 2 is 1.62 bits per heavy atom. The van der Waals surface area contributed by atoms with Gasteiger partial charge in [-0.25, -0.2) is 8.78 Å². The van der Waals surface area contributed by atoms with Crippen LogP contribution in [-0.2, 0) is 0 Å². The first kappa shape index (κ1) is 15.4. The molecule has 110 valence electrons. The number of benzene rings is 2. The fourth-order valence-electron chi connectivity index (χ4n) is 2.09. The van der Waals surface area contributed by atoms with Crippen LogP contribution in [0, 0.1) is 11.6 Å². The first-order valence-electron chi connectivity index (χ1n) is 7.05. The molecule has 1 nitrogen and oxygen atoms in total. The van der Waals surface area contributed by atoms with E-state index in [-0.39, 0.29) is 6.04 Å². The van der Waals surface area contributed by atoms with Gasteiger partial charge in [-0.3, -0.25) is 4.99 Å². The molecule has 0 saturated carbocycles. The maximum atomic E-state index is 13.7. The smallest absolute Gasteiger partial charge is 0.131 e. The number of hydrogen-bond acceptors (Lipinski definition) is 1. The standard InChI is InChI=1S/C18H19F2N/c1-12(2)15-6-4-14(5-7-15)11-21-13(3)17-9-8-16(19)10-18(17)20/h4-13H,1-3H3. The number of nitrogens with zero attached hydrogens (tertiary/aromatic N) is 1. The summed E-state index contributed by atoms with van der Waals surface area (Å²) in [6.45, 7) is 6.07. The van der Waals surface area contributed by atoms with E-state index in [1.165, 1.54) is 17.7 Å². The van der Waals surface area contributed by atoms with E-state index in [1.54, 1.807) is 13.1 Å². The van der Waals surface area contributed by atoms with Crippen molar-refractivity contribution < 1.29 is 8.78 Å². The van der Waals surface area contributed by atoms with Crippen LogP contribution in [0.3, 0.4) is 0 Å². The monoisotopic (exact) mass is 287 g/mol. The number of rotatable bonds is 4. The number of aliphatic imine (C=N–C) groups is 1. The molecule has 2 aromatic rings. The number of hydrogen-bond donors (Lipinski definition) is 0. The van der Waals surface area contributed by atoms with Crippen molar-refractivity contribution in [3.05, 3.63) is 70.8 Å². The minimum Gasteiger partial charge on any atom is -0.285 e. The van der Waals surface area contributed by atoms with Gasteiger partial charge < -0.3 is 0 Å². The molecule has 0 aliphatic carbocycles. The highest BCUT2D eigenvalue weighted by Gasteiger charge is 2.09. The molecule has 3 heteroatoms. The Bertz CT molecular complexity index is 630. The molecule has 0 aliphatic heterocycles. The van der Waals surface area contributed by atoms with Crippen molar-refractivity contribution in [1.29, 1.82) is 0 Å². The largest absolute Gasteiger partial charge is 0.285 e. The molecule has 0 N–H and O–H groups in total. The normalized spacial score (nSPS) is 13.0. The second-order valence-corrected chi connectivity index (χ2v) is 5.44. The molecule has 0 aromatic heterocycles. The molecule has 2 rings (SSSR count). The van der Waals surface area contributed by atoms with Crippen LogP contribution in [0.2, 0.25) is 0 Å². The van der Waals surface area contributed by atoms with Gasteiger partial charge in [0.15, 0.2) is 0 Å². The summed E-state index contributed by atoms with van der Waals surface area (Å²) in [5.74, 6) is -0.644. The Labute approximate surface area is 124 Å². The lowest BCUT2D eigenvalue weighted by Crippen LogP contribution is -1.96. The van der Waals surface area contributed by atoms with Crippen molar-refractivity contribution >= 4 is 6.21 Å². The molecule has 0 aliphatic rings. The van der Waals surface area contributed by atoms with Crippen LogP contribution >= 0.6 is 0 Å². The summed E-state index contributed by atoms with van der Waals surface area (Å²) in [5.41, 5.74) is 2.63. The predicted molar refractivity (Wildman–Crippen MR) is 82.9 cm³/mol. The average molecular weight is 287 g/mol. The first-order chi connectivity index (χ1) is 9.97. The van der Waals surface area contributed by atoms with Crippen molar-refractivity contribution in [1.82, 2.24) is 0 Å². The lowest BCUT2D eigenvalue weighted by molar-refractivity contribution is 0.563. The van der Waals surface area contributed by atoms with Gasteiger partial charge in [-0.1, -0.05) is 44.2 Å². The second kappa shape index (κ2) is 6.61. The first-order valence-corrected chi connectivity index (χ1v) is 7.05. The summed E-state index contributed by atoms with van der Waals surface area (Å²) in [7, 11) is 0. The molecule has 1 unspecified atom stereocenters. The second-order valence-electron chi connectivity index (χ2n) is 5.44. The highest BCUT2D eigenvalue weighted by Crippen LogP contribution is 2.21. The van der Waals surface area contributed by atoms with Crippen LogP contribution in [0.5, 0.6) is 0 Å². The van der Waals surface area contributed by atoms with Gasteiger partial charge in [0.05, 0.1) is 6.04 Å². The van der Waals surface area contributed by atoms with E-state index >= 15 is 0 Å². The molecule has 0 heterocycles. The molecule has 1 atom stereocenters. The van der Waals surface area contributed by atoms with Crippen molar-refractivity contribution in [2.24, 2.45) is 4.99 Å². The van der Waals surface area contributed by atoms with Crippen LogP contribution in [0.4, 0.5) is 8.78 Å². The third-order valence-corrected chi connectivity index (χ3v) is 3.46. The Kier molecular flexibility index (Phi) is 4.84. The summed E-state index contributed by atoms with van der Waals surface area (Å²) in [4.78, 5) is 4.34. The number of halogens is 2. The Hall–Kier alpha value is -2.03. The van der Waals surface area contributed by atoms with Crippen LogP contribution in [0.25, 0.3) is 0 Å². The SMILES string of the molecule is CC(C)c1ccc(C=NC(C)c2ccc(F)cc2F)cc1. The predicted octanol–water partition coefficient (Wildman–Crippen LogP) is 5.27. The average Bonchev–Trinajstić information content (AvgIpc) is 2.45. The zero-order chi connectivity index (χ0) is 15.4. The van der Waals surface area contributed by atoms with Crippen molar-refractivity contribution in [2.45, 2.75) is 32.7 Å². The molecular weight excluding hydrogens is 268 g/mol. The summed E-state index contributed by atoms with van der Waals surface area (Å²) < 4.78 is 26.5. The Morgan fingerprint density at radius 3 is 2.19 bits per heavy atom. The van der Waals surface area contributed by atoms with Gasteiger partial charge in [0.25, 0.3) is 0 Å². The molecule has 0 saturated heterocycles.